The lowest BCUT2D eigenvalue weighted by molar-refractivity contribution is 1.37. The number of fused-ring (bicyclic) bond motifs is 1. The first kappa shape index (κ1) is 7.98. The van der Waals surface area contributed by atoms with Crippen molar-refractivity contribution in [1.82, 2.24) is 4.98 Å². The van der Waals surface area contributed by atoms with Crippen molar-refractivity contribution in [1.29, 1.82) is 0 Å². The molecule has 0 aliphatic carbocycles. The fourth-order valence-electron chi connectivity index (χ4n) is 1.20. The van der Waals surface area contributed by atoms with Gasteiger partial charge in [-0.2, -0.15) is 0 Å². The second-order valence-electron chi connectivity index (χ2n) is 2.85. The molecule has 1 heterocycles. The lowest BCUT2D eigenvalue weighted by Crippen LogP contribution is -1.81. The highest BCUT2D eigenvalue weighted by molar-refractivity contribution is 14.1. The number of aryl methyl sites for hydroxylation is 1. The van der Waals surface area contributed by atoms with Gasteiger partial charge in [0.25, 0.3) is 0 Å². The van der Waals surface area contributed by atoms with E-state index in [2.05, 4.69) is 58.8 Å². The first-order valence-electron chi connectivity index (χ1n) is 3.77. The van der Waals surface area contributed by atoms with Crippen LogP contribution in [-0.2, 0) is 0 Å². The summed E-state index contributed by atoms with van der Waals surface area (Å²) in [5, 5.41) is 1.22. The van der Waals surface area contributed by atoms with Crippen molar-refractivity contribution in [3.63, 3.8) is 0 Å². The van der Waals surface area contributed by atoms with Gasteiger partial charge in [-0.25, -0.2) is 0 Å². The van der Waals surface area contributed by atoms with Gasteiger partial charge in [0.1, 0.15) is 0 Å². The monoisotopic (exact) mass is 269 g/mol. The summed E-state index contributed by atoms with van der Waals surface area (Å²) in [6, 6.07) is 8.47. The molecule has 0 saturated carbocycles. The number of hydrogen-bond donors (Lipinski definition) is 0. The molecule has 1 aromatic carbocycles. The smallest absolute Gasteiger partial charge is 0.0705 e. The van der Waals surface area contributed by atoms with E-state index in [0.717, 1.165) is 5.52 Å². The zero-order chi connectivity index (χ0) is 8.55. The van der Waals surface area contributed by atoms with Crippen LogP contribution in [0.25, 0.3) is 10.9 Å². The summed E-state index contributed by atoms with van der Waals surface area (Å²) in [5.41, 5.74) is 2.34. The van der Waals surface area contributed by atoms with E-state index in [1.54, 1.807) is 0 Å². The van der Waals surface area contributed by atoms with Crippen molar-refractivity contribution < 1.29 is 0 Å². The van der Waals surface area contributed by atoms with Gasteiger partial charge < -0.3 is 0 Å². The first-order valence-corrected chi connectivity index (χ1v) is 4.85. The predicted octanol–water partition coefficient (Wildman–Crippen LogP) is 3.15. The zero-order valence-electron chi connectivity index (χ0n) is 6.71. The Labute approximate surface area is 85.0 Å². The van der Waals surface area contributed by atoms with Gasteiger partial charge in [-0.15, -0.1) is 0 Å². The van der Waals surface area contributed by atoms with Crippen molar-refractivity contribution in [3.05, 3.63) is 39.6 Å². The van der Waals surface area contributed by atoms with Gasteiger partial charge >= 0.3 is 0 Å². The Kier molecular flexibility index (Phi) is 2.00. The highest BCUT2D eigenvalue weighted by Crippen LogP contribution is 2.15. The number of aromatic nitrogens is 1. The quantitative estimate of drug-likeness (QED) is 0.669. The predicted molar refractivity (Wildman–Crippen MR) is 59.2 cm³/mol. The highest BCUT2D eigenvalue weighted by Gasteiger charge is 1.94. The Bertz CT molecular complexity index is 382. The van der Waals surface area contributed by atoms with Crippen LogP contribution in [0.4, 0.5) is 0 Å². The lowest BCUT2D eigenvalue weighted by atomic mass is 10.1. The summed E-state index contributed by atoms with van der Waals surface area (Å²) in [6.45, 7) is 2.08. The normalized spacial score (nSPS) is 10.5. The minimum atomic E-state index is 1.08. The molecule has 2 aromatic rings. The fourth-order valence-corrected chi connectivity index (χ4v) is 1.68. The van der Waals surface area contributed by atoms with E-state index >= 15 is 0 Å². The maximum atomic E-state index is 4.33. The molecule has 1 nitrogen and oxygen atoms in total. The molecular weight excluding hydrogens is 261 g/mol. The summed E-state index contributed by atoms with van der Waals surface area (Å²) >= 11 is 2.27. The van der Waals surface area contributed by atoms with Crippen molar-refractivity contribution in [2.45, 2.75) is 6.92 Å². The first-order chi connectivity index (χ1) is 5.75. The molecule has 0 radical (unpaired) electrons. The van der Waals surface area contributed by atoms with Gasteiger partial charge in [-0.1, -0.05) is 12.1 Å². The van der Waals surface area contributed by atoms with Crippen LogP contribution in [0.1, 0.15) is 5.56 Å². The van der Waals surface area contributed by atoms with Crippen LogP contribution in [0.2, 0.25) is 0 Å². The summed E-state index contributed by atoms with van der Waals surface area (Å²) < 4.78 is 1.18. The van der Waals surface area contributed by atoms with Gasteiger partial charge in [-0.3, -0.25) is 4.98 Å². The van der Waals surface area contributed by atoms with Crippen LogP contribution in [0.15, 0.2) is 30.5 Å². The summed E-state index contributed by atoms with van der Waals surface area (Å²) in [5.74, 6) is 0. The third kappa shape index (κ3) is 1.43. The second-order valence-corrected chi connectivity index (χ2v) is 4.10. The molecule has 60 valence electrons. The third-order valence-electron chi connectivity index (χ3n) is 1.81. The van der Waals surface area contributed by atoms with E-state index in [1.807, 2.05) is 6.20 Å². The molecule has 0 unspecified atom stereocenters. The van der Waals surface area contributed by atoms with Crippen LogP contribution in [-0.4, -0.2) is 4.98 Å². The molecule has 0 bridgehead atoms. The topological polar surface area (TPSA) is 12.9 Å². The van der Waals surface area contributed by atoms with E-state index in [1.165, 1.54) is 14.5 Å². The molecule has 0 saturated heterocycles. The molecule has 0 amide bonds. The third-order valence-corrected chi connectivity index (χ3v) is 2.40. The van der Waals surface area contributed by atoms with Crippen LogP contribution in [0, 0.1) is 10.5 Å². The largest absolute Gasteiger partial charge is 0.255 e. The Morgan fingerprint density at radius 1 is 1.25 bits per heavy atom. The number of rotatable bonds is 0. The van der Waals surface area contributed by atoms with E-state index in [4.69, 9.17) is 0 Å². The minimum Gasteiger partial charge on any atom is -0.255 e. The van der Waals surface area contributed by atoms with Gasteiger partial charge in [0, 0.05) is 15.2 Å². The Balaban J connectivity index is 2.79. The van der Waals surface area contributed by atoms with Gasteiger partial charge in [0.15, 0.2) is 0 Å². The SMILES string of the molecule is Cc1ccc2cc(I)cnc2c1. The second kappa shape index (κ2) is 3.01. The summed E-state index contributed by atoms with van der Waals surface area (Å²) in [4.78, 5) is 4.33. The number of hydrogen-bond acceptors (Lipinski definition) is 1. The zero-order valence-corrected chi connectivity index (χ0v) is 8.87. The van der Waals surface area contributed by atoms with Crippen LogP contribution in [0.3, 0.4) is 0 Å². The molecule has 0 aliphatic rings. The minimum absolute atomic E-state index is 1.08. The van der Waals surface area contributed by atoms with Crippen molar-refractivity contribution in [3.8, 4) is 0 Å². The van der Waals surface area contributed by atoms with E-state index in [0.29, 0.717) is 0 Å². The molecule has 0 atom stereocenters. The van der Waals surface area contributed by atoms with Crippen LogP contribution in [0.5, 0.6) is 0 Å². The number of halogens is 1. The summed E-state index contributed by atoms with van der Waals surface area (Å²) in [7, 11) is 0. The molecule has 12 heavy (non-hydrogen) atoms. The average Bonchev–Trinajstić information content (AvgIpc) is 2.05. The molecule has 0 fully saturated rings. The maximum absolute atomic E-state index is 4.33. The molecule has 0 N–H and O–H groups in total. The Morgan fingerprint density at radius 3 is 2.92 bits per heavy atom. The fraction of sp³-hybridized carbons (Fsp3) is 0.100. The molecule has 0 aliphatic heterocycles. The molecule has 0 spiro atoms. The van der Waals surface area contributed by atoms with E-state index in [-0.39, 0.29) is 0 Å². The summed E-state index contributed by atoms with van der Waals surface area (Å²) in [6.07, 6.45) is 1.89. The van der Waals surface area contributed by atoms with Gasteiger partial charge in [0.05, 0.1) is 5.52 Å². The van der Waals surface area contributed by atoms with Crippen LogP contribution >= 0.6 is 22.6 Å². The molecule has 1 aromatic heterocycles. The average molecular weight is 269 g/mol. The number of benzene rings is 1. The van der Waals surface area contributed by atoms with Gasteiger partial charge in [-0.05, 0) is 47.2 Å². The Hall–Kier alpha value is -0.640. The number of nitrogens with zero attached hydrogens (tertiary/aromatic N) is 1. The number of pyridine rings is 1. The van der Waals surface area contributed by atoms with Crippen LogP contribution < -0.4 is 0 Å². The Morgan fingerprint density at radius 2 is 2.08 bits per heavy atom. The lowest BCUT2D eigenvalue weighted by Gasteiger charge is -1.98. The highest BCUT2D eigenvalue weighted by atomic mass is 127. The molecule has 2 rings (SSSR count). The van der Waals surface area contributed by atoms with E-state index < -0.39 is 0 Å². The van der Waals surface area contributed by atoms with E-state index in [9.17, 15) is 0 Å². The molecule has 2 heteroatoms. The van der Waals surface area contributed by atoms with Crippen molar-refractivity contribution in [2.24, 2.45) is 0 Å². The maximum Gasteiger partial charge on any atom is 0.0705 e. The van der Waals surface area contributed by atoms with Gasteiger partial charge in [0.2, 0.25) is 0 Å². The van der Waals surface area contributed by atoms with Crippen molar-refractivity contribution in [2.75, 3.05) is 0 Å². The molecular formula is C10H8IN. The standard InChI is InChI=1S/C10H8IN/c1-7-2-3-8-5-9(11)6-12-10(8)4-7/h2-6H,1H3. The van der Waals surface area contributed by atoms with Crippen molar-refractivity contribution >= 4 is 33.5 Å².